The summed E-state index contributed by atoms with van der Waals surface area (Å²) in [5.41, 5.74) is 5.31. The van der Waals surface area contributed by atoms with Gasteiger partial charge in [-0.3, -0.25) is 4.90 Å². The van der Waals surface area contributed by atoms with Crippen LogP contribution in [0.15, 0.2) is 6.07 Å². The van der Waals surface area contributed by atoms with Crippen LogP contribution in [0.3, 0.4) is 0 Å². The van der Waals surface area contributed by atoms with Crippen molar-refractivity contribution in [3.05, 3.63) is 28.3 Å². The maximum absolute atomic E-state index is 6.41. The van der Waals surface area contributed by atoms with E-state index in [0.29, 0.717) is 0 Å². The Hall–Kier alpha value is -1.06. The minimum atomic E-state index is -0.0943. The quantitative estimate of drug-likeness (QED) is 0.828. The third-order valence-corrected chi connectivity index (χ3v) is 4.68. The van der Waals surface area contributed by atoms with E-state index in [-0.39, 0.29) is 5.60 Å². The molecule has 0 amide bonds. The molecule has 3 rings (SSSR count). The van der Waals surface area contributed by atoms with Gasteiger partial charge in [0.2, 0.25) is 0 Å². The molecule has 1 saturated heterocycles. The number of fused-ring (bicyclic) bond motifs is 1. The molecule has 0 aromatic heterocycles. The molecule has 3 heteroatoms. The SMILES string of the molecule is Cc1cc(C)c2c(c1C)OC(C)(CN1CCOCC1)C2. The molecule has 0 saturated carbocycles. The van der Waals surface area contributed by atoms with E-state index in [9.17, 15) is 0 Å². The van der Waals surface area contributed by atoms with Gasteiger partial charge in [-0.25, -0.2) is 0 Å². The van der Waals surface area contributed by atoms with E-state index in [1.165, 1.54) is 22.3 Å². The Labute approximate surface area is 121 Å². The molecule has 1 unspecified atom stereocenters. The molecule has 20 heavy (non-hydrogen) atoms. The van der Waals surface area contributed by atoms with E-state index in [4.69, 9.17) is 9.47 Å². The normalized spacial score (nSPS) is 26.4. The smallest absolute Gasteiger partial charge is 0.126 e. The van der Waals surface area contributed by atoms with Crippen LogP contribution < -0.4 is 4.74 Å². The first-order valence-electron chi connectivity index (χ1n) is 7.57. The van der Waals surface area contributed by atoms with Crippen molar-refractivity contribution in [2.24, 2.45) is 0 Å². The fourth-order valence-electron chi connectivity index (χ4n) is 3.44. The second-order valence-corrected chi connectivity index (χ2v) is 6.56. The first kappa shape index (κ1) is 13.9. The molecule has 2 aliphatic rings. The van der Waals surface area contributed by atoms with Crippen LogP contribution in [-0.4, -0.2) is 43.3 Å². The van der Waals surface area contributed by atoms with Crippen molar-refractivity contribution in [2.45, 2.75) is 39.7 Å². The van der Waals surface area contributed by atoms with Crippen LogP contribution in [0.2, 0.25) is 0 Å². The van der Waals surface area contributed by atoms with Gasteiger partial charge in [-0.15, -0.1) is 0 Å². The maximum atomic E-state index is 6.41. The zero-order chi connectivity index (χ0) is 14.3. The van der Waals surface area contributed by atoms with Crippen molar-refractivity contribution in [1.29, 1.82) is 0 Å². The van der Waals surface area contributed by atoms with E-state index >= 15 is 0 Å². The summed E-state index contributed by atoms with van der Waals surface area (Å²) in [5.74, 6) is 1.14. The number of ether oxygens (including phenoxy) is 2. The molecule has 3 nitrogen and oxygen atoms in total. The largest absolute Gasteiger partial charge is 0.485 e. The number of hydrogen-bond acceptors (Lipinski definition) is 3. The van der Waals surface area contributed by atoms with Crippen LogP contribution in [0.25, 0.3) is 0 Å². The van der Waals surface area contributed by atoms with Crippen molar-refractivity contribution in [1.82, 2.24) is 4.90 Å². The minimum Gasteiger partial charge on any atom is -0.485 e. The van der Waals surface area contributed by atoms with E-state index in [0.717, 1.165) is 45.0 Å². The Morgan fingerprint density at radius 2 is 1.85 bits per heavy atom. The zero-order valence-corrected chi connectivity index (χ0v) is 13.1. The fraction of sp³-hybridized carbons (Fsp3) is 0.647. The van der Waals surface area contributed by atoms with Gasteiger partial charge in [-0.2, -0.15) is 0 Å². The Balaban J connectivity index is 1.81. The summed E-state index contributed by atoms with van der Waals surface area (Å²) in [4.78, 5) is 2.47. The second kappa shape index (κ2) is 5.05. The Morgan fingerprint density at radius 3 is 2.55 bits per heavy atom. The molecular weight excluding hydrogens is 250 g/mol. The first-order valence-corrected chi connectivity index (χ1v) is 7.57. The highest BCUT2D eigenvalue weighted by Crippen LogP contribution is 2.41. The monoisotopic (exact) mass is 275 g/mol. The van der Waals surface area contributed by atoms with Gasteiger partial charge in [-0.1, -0.05) is 6.07 Å². The number of hydrogen-bond donors (Lipinski definition) is 0. The molecule has 0 radical (unpaired) electrons. The Kier molecular flexibility index (Phi) is 3.51. The van der Waals surface area contributed by atoms with Crippen molar-refractivity contribution >= 4 is 0 Å². The molecule has 0 N–H and O–H groups in total. The third-order valence-electron chi connectivity index (χ3n) is 4.68. The van der Waals surface area contributed by atoms with E-state index < -0.39 is 0 Å². The summed E-state index contributed by atoms with van der Waals surface area (Å²) in [6.45, 7) is 13.5. The van der Waals surface area contributed by atoms with Crippen molar-refractivity contribution in [3.8, 4) is 5.75 Å². The Bertz CT molecular complexity index is 520. The summed E-state index contributed by atoms with van der Waals surface area (Å²) in [6, 6.07) is 2.29. The lowest BCUT2D eigenvalue weighted by molar-refractivity contribution is -0.00275. The van der Waals surface area contributed by atoms with Gasteiger partial charge in [-0.05, 0) is 44.4 Å². The summed E-state index contributed by atoms with van der Waals surface area (Å²) < 4.78 is 11.8. The lowest BCUT2D eigenvalue weighted by Crippen LogP contribution is -2.48. The minimum absolute atomic E-state index is 0.0943. The van der Waals surface area contributed by atoms with Gasteiger partial charge in [0.1, 0.15) is 11.4 Å². The highest BCUT2D eigenvalue weighted by Gasteiger charge is 2.38. The van der Waals surface area contributed by atoms with Gasteiger partial charge in [0.25, 0.3) is 0 Å². The van der Waals surface area contributed by atoms with Gasteiger partial charge in [0.15, 0.2) is 0 Å². The van der Waals surface area contributed by atoms with Crippen molar-refractivity contribution in [3.63, 3.8) is 0 Å². The van der Waals surface area contributed by atoms with Crippen LogP contribution in [0.1, 0.15) is 29.2 Å². The lowest BCUT2D eigenvalue weighted by atomic mass is 9.93. The number of benzene rings is 1. The number of morpholine rings is 1. The highest BCUT2D eigenvalue weighted by atomic mass is 16.5. The van der Waals surface area contributed by atoms with Gasteiger partial charge < -0.3 is 9.47 Å². The molecule has 1 aromatic carbocycles. The van der Waals surface area contributed by atoms with E-state index in [1.54, 1.807) is 0 Å². The number of aryl methyl sites for hydroxylation is 2. The van der Waals surface area contributed by atoms with Crippen LogP contribution >= 0.6 is 0 Å². The molecule has 0 spiro atoms. The summed E-state index contributed by atoms with van der Waals surface area (Å²) in [6.07, 6.45) is 1.02. The zero-order valence-electron chi connectivity index (χ0n) is 13.1. The Morgan fingerprint density at radius 1 is 1.15 bits per heavy atom. The predicted octanol–water partition coefficient (Wildman–Crippen LogP) is 2.64. The average Bonchev–Trinajstić information content (AvgIpc) is 2.76. The topological polar surface area (TPSA) is 21.7 Å². The number of nitrogens with zero attached hydrogens (tertiary/aromatic N) is 1. The van der Waals surface area contributed by atoms with E-state index in [1.807, 2.05) is 0 Å². The van der Waals surface area contributed by atoms with Gasteiger partial charge >= 0.3 is 0 Å². The van der Waals surface area contributed by atoms with E-state index in [2.05, 4.69) is 38.7 Å². The maximum Gasteiger partial charge on any atom is 0.126 e. The van der Waals surface area contributed by atoms with Gasteiger partial charge in [0, 0.05) is 31.6 Å². The predicted molar refractivity (Wildman–Crippen MR) is 80.6 cm³/mol. The molecule has 2 aliphatic heterocycles. The molecule has 0 aliphatic carbocycles. The molecular formula is C17H25NO2. The molecule has 0 bridgehead atoms. The average molecular weight is 275 g/mol. The van der Waals surface area contributed by atoms with Crippen LogP contribution in [0.5, 0.6) is 5.75 Å². The third kappa shape index (κ3) is 2.45. The fourth-order valence-corrected chi connectivity index (χ4v) is 3.44. The molecule has 1 atom stereocenters. The highest BCUT2D eigenvalue weighted by molar-refractivity contribution is 5.53. The summed E-state index contributed by atoms with van der Waals surface area (Å²) >= 11 is 0. The van der Waals surface area contributed by atoms with Crippen LogP contribution in [0, 0.1) is 20.8 Å². The molecule has 110 valence electrons. The van der Waals surface area contributed by atoms with Crippen molar-refractivity contribution in [2.75, 3.05) is 32.8 Å². The van der Waals surface area contributed by atoms with Crippen molar-refractivity contribution < 1.29 is 9.47 Å². The first-order chi connectivity index (χ1) is 9.48. The lowest BCUT2D eigenvalue weighted by Gasteiger charge is -2.34. The van der Waals surface area contributed by atoms with Crippen LogP contribution in [0.4, 0.5) is 0 Å². The van der Waals surface area contributed by atoms with Gasteiger partial charge in [0.05, 0.1) is 13.2 Å². The molecule has 1 fully saturated rings. The summed E-state index contributed by atoms with van der Waals surface area (Å²) in [5, 5.41) is 0. The second-order valence-electron chi connectivity index (χ2n) is 6.56. The number of rotatable bonds is 2. The summed E-state index contributed by atoms with van der Waals surface area (Å²) in [7, 11) is 0. The molecule has 1 aromatic rings. The standard InChI is InChI=1S/C17H25NO2/c1-12-9-13(2)15-10-17(4,20-16(15)14(12)3)11-18-5-7-19-8-6-18/h9H,5-8,10-11H2,1-4H3. The van der Waals surface area contributed by atoms with Crippen LogP contribution in [-0.2, 0) is 11.2 Å². The molecule has 2 heterocycles.